The van der Waals surface area contributed by atoms with Crippen LogP contribution in [0.15, 0.2) is 29.2 Å². The molecule has 1 rings (SSSR count). The number of carboxylic acid groups (broad SMARTS) is 1. The lowest BCUT2D eigenvalue weighted by Gasteiger charge is -2.14. The molecule has 0 aromatic heterocycles. The van der Waals surface area contributed by atoms with Gasteiger partial charge in [0.1, 0.15) is 11.8 Å². The van der Waals surface area contributed by atoms with Gasteiger partial charge in [0.2, 0.25) is 10.0 Å². The number of methoxy groups -OCH3 is 1. The largest absolute Gasteiger partial charge is 0.497 e. The minimum absolute atomic E-state index is 0.0211. The first kappa shape index (κ1) is 16.8. The Balaban J connectivity index is 2.94. The van der Waals surface area contributed by atoms with Gasteiger partial charge in [0.05, 0.1) is 12.0 Å². The molecule has 2 N–H and O–H groups in total. The second kappa shape index (κ2) is 7.51. The number of nitrogens with one attached hydrogen (secondary N) is 1. The Labute approximate surface area is 122 Å². The molecule has 0 bridgehead atoms. The summed E-state index contributed by atoms with van der Waals surface area (Å²) < 4.78 is 31.4. The van der Waals surface area contributed by atoms with Crippen LogP contribution >= 0.6 is 11.8 Å². The predicted molar refractivity (Wildman–Crippen MR) is 77.7 cm³/mol. The molecule has 1 aromatic rings. The third-order valence-corrected chi connectivity index (χ3v) is 4.67. The summed E-state index contributed by atoms with van der Waals surface area (Å²) in [5.41, 5.74) is 0. The average Bonchev–Trinajstić information content (AvgIpc) is 2.43. The molecular formula is C12H17NO5S2. The molecule has 20 heavy (non-hydrogen) atoms. The third-order valence-electron chi connectivity index (χ3n) is 2.56. The van der Waals surface area contributed by atoms with E-state index in [2.05, 4.69) is 4.72 Å². The van der Waals surface area contributed by atoms with Gasteiger partial charge in [0.15, 0.2) is 0 Å². The number of hydrogen-bond acceptors (Lipinski definition) is 5. The van der Waals surface area contributed by atoms with Gasteiger partial charge in [-0.2, -0.15) is 16.5 Å². The maximum atomic E-state index is 12.1. The summed E-state index contributed by atoms with van der Waals surface area (Å²) in [6.07, 6.45) is 2.05. The van der Waals surface area contributed by atoms with Crippen molar-refractivity contribution in [3.8, 4) is 5.75 Å². The van der Waals surface area contributed by atoms with Gasteiger partial charge in [-0.15, -0.1) is 0 Å². The number of hydrogen-bond donors (Lipinski definition) is 2. The number of carboxylic acids is 1. The molecule has 0 unspecified atom stereocenters. The van der Waals surface area contributed by atoms with Gasteiger partial charge in [0, 0.05) is 6.07 Å². The second-order valence-electron chi connectivity index (χ2n) is 3.97. The molecule has 1 atom stereocenters. The molecule has 6 nitrogen and oxygen atoms in total. The van der Waals surface area contributed by atoms with Gasteiger partial charge < -0.3 is 9.84 Å². The fourth-order valence-corrected chi connectivity index (χ4v) is 3.22. The van der Waals surface area contributed by atoms with Crippen LogP contribution in [-0.2, 0) is 14.8 Å². The normalized spacial score (nSPS) is 12.9. The molecule has 1 aromatic carbocycles. The van der Waals surface area contributed by atoms with Crippen LogP contribution in [0.1, 0.15) is 6.42 Å². The van der Waals surface area contributed by atoms with Gasteiger partial charge >= 0.3 is 5.97 Å². The molecule has 112 valence electrons. The van der Waals surface area contributed by atoms with E-state index in [1.54, 1.807) is 6.07 Å². The lowest BCUT2D eigenvalue weighted by molar-refractivity contribution is -0.139. The Morgan fingerprint density at radius 3 is 2.75 bits per heavy atom. The predicted octanol–water partition coefficient (Wildman–Crippen LogP) is 1.18. The van der Waals surface area contributed by atoms with Crippen molar-refractivity contribution in [1.29, 1.82) is 0 Å². The minimum atomic E-state index is -3.89. The van der Waals surface area contributed by atoms with Crippen LogP contribution < -0.4 is 9.46 Å². The van der Waals surface area contributed by atoms with E-state index in [1.807, 2.05) is 6.26 Å². The molecule has 0 aliphatic rings. The van der Waals surface area contributed by atoms with Crippen LogP contribution in [0, 0.1) is 0 Å². The zero-order valence-electron chi connectivity index (χ0n) is 11.2. The smallest absolute Gasteiger partial charge is 0.321 e. The number of sulfonamides is 1. The third kappa shape index (κ3) is 4.69. The zero-order valence-corrected chi connectivity index (χ0v) is 12.8. The number of rotatable bonds is 8. The fourth-order valence-electron chi connectivity index (χ4n) is 1.49. The molecule has 0 amide bonds. The van der Waals surface area contributed by atoms with E-state index in [0.717, 1.165) is 0 Å². The topological polar surface area (TPSA) is 92.7 Å². The minimum Gasteiger partial charge on any atom is -0.497 e. The molecule has 0 aliphatic heterocycles. The van der Waals surface area contributed by atoms with Gasteiger partial charge in [-0.05, 0) is 30.6 Å². The van der Waals surface area contributed by atoms with Crippen LogP contribution in [-0.4, -0.2) is 44.7 Å². The Kier molecular flexibility index (Phi) is 6.31. The van der Waals surface area contributed by atoms with Crippen molar-refractivity contribution in [2.24, 2.45) is 0 Å². The number of benzene rings is 1. The Hall–Kier alpha value is -1.25. The maximum absolute atomic E-state index is 12.1. The molecule has 0 radical (unpaired) electrons. The quantitative estimate of drug-likeness (QED) is 0.747. The number of carbonyl (C=O) groups is 1. The van der Waals surface area contributed by atoms with Gasteiger partial charge in [0.25, 0.3) is 0 Å². The van der Waals surface area contributed by atoms with Crippen molar-refractivity contribution in [1.82, 2.24) is 4.72 Å². The van der Waals surface area contributed by atoms with Gasteiger partial charge in [-0.25, -0.2) is 8.42 Å². The first-order valence-corrected chi connectivity index (χ1v) is 8.66. The molecular weight excluding hydrogens is 302 g/mol. The number of aliphatic carboxylic acids is 1. The fraction of sp³-hybridized carbons (Fsp3) is 0.417. The van der Waals surface area contributed by atoms with Crippen molar-refractivity contribution in [2.75, 3.05) is 19.1 Å². The Morgan fingerprint density at radius 2 is 2.20 bits per heavy atom. The molecule has 0 spiro atoms. The average molecular weight is 319 g/mol. The molecule has 8 heteroatoms. The summed E-state index contributed by atoms with van der Waals surface area (Å²) in [6.45, 7) is 0. The van der Waals surface area contributed by atoms with E-state index < -0.39 is 22.0 Å². The summed E-state index contributed by atoms with van der Waals surface area (Å²) in [7, 11) is -2.46. The SMILES string of the molecule is COc1cccc(S(=O)(=O)N[C@@H](CCSC)C(=O)O)c1. The Morgan fingerprint density at radius 1 is 1.50 bits per heavy atom. The zero-order chi connectivity index (χ0) is 15.2. The van der Waals surface area contributed by atoms with Crippen LogP contribution in [0.25, 0.3) is 0 Å². The first-order chi connectivity index (χ1) is 9.40. The molecule has 0 aliphatic carbocycles. The van der Waals surface area contributed by atoms with Gasteiger partial charge in [-0.3, -0.25) is 4.79 Å². The van der Waals surface area contributed by atoms with Crippen LogP contribution in [0.5, 0.6) is 5.75 Å². The summed E-state index contributed by atoms with van der Waals surface area (Å²) in [5.74, 6) is -0.244. The van der Waals surface area contributed by atoms with E-state index in [4.69, 9.17) is 9.84 Å². The van der Waals surface area contributed by atoms with Crippen molar-refractivity contribution in [3.05, 3.63) is 24.3 Å². The number of ether oxygens (including phenoxy) is 1. The first-order valence-electron chi connectivity index (χ1n) is 5.79. The summed E-state index contributed by atoms with van der Waals surface area (Å²) in [5, 5.41) is 9.05. The molecule has 0 heterocycles. The van der Waals surface area contributed by atoms with Crippen molar-refractivity contribution in [2.45, 2.75) is 17.4 Å². The van der Waals surface area contributed by atoms with E-state index in [9.17, 15) is 13.2 Å². The summed E-state index contributed by atoms with van der Waals surface area (Å²) >= 11 is 1.46. The van der Waals surface area contributed by atoms with E-state index in [0.29, 0.717) is 11.5 Å². The highest BCUT2D eigenvalue weighted by Gasteiger charge is 2.25. The van der Waals surface area contributed by atoms with Crippen molar-refractivity contribution in [3.63, 3.8) is 0 Å². The summed E-state index contributed by atoms with van der Waals surface area (Å²) in [4.78, 5) is 11.1. The maximum Gasteiger partial charge on any atom is 0.321 e. The monoisotopic (exact) mass is 319 g/mol. The number of thioether (sulfide) groups is 1. The summed E-state index contributed by atoms with van der Waals surface area (Å²) in [6, 6.07) is 4.74. The van der Waals surface area contributed by atoms with Crippen molar-refractivity contribution >= 4 is 27.8 Å². The highest BCUT2D eigenvalue weighted by Crippen LogP contribution is 2.17. The van der Waals surface area contributed by atoms with Crippen LogP contribution in [0.3, 0.4) is 0 Å². The molecule has 0 saturated carbocycles. The van der Waals surface area contributed by atoms with Gasteiger partial charge in [-0.1, -0.05) is 6.07 Å². The Bertz CT molecular complexity index is 559. The van der Waals surface area contributed by atoms with Crippen LogP contribution in [0.2, 0.25) is 0 Å². The highest BCUT2D eigenvalue weighted by atomic mass is 32.2. The van der Waals surface area contributed by atoms with E-state index >= 15 is 0 Å². The van der Waals surface area contributed by atoms with Crippen molar-refractivity contribution < 1.29 is 23.1 Å². The highest BCUT2D eigenvalue weighted by molar-refractivity contribution is 7.98. The van der Waals surface area contributed by atoms with Crippen LogP contribution in [0.4, 0.5) is 0 Å². The standard InChI is InChI=1S/C12H17NO5S2/c1-18-9-4-3-5-10(8-9)20(16,17)13-11(12(14)15)6-7-19-2/h3-5,8,11,13H,6-7H2,1-2H3,(H,14,15)/t11-/m0/s1. The molecule has 0 fully saturated rings. The van der Waals surface area contributed by atoms with E-state index in [-0.39, 0.29) is 11.3 Å². The second-order valence-corrected chi connectivity index (χ2v) is 6.67. The molecule has 0 saturated heterocycles. The van der Waals surface area contributed by atoms with E-state index in [1.165, 1.54) is 37.1 Å². The lowest BCUT2D eigenvalue weighted by atomic mass is 10.2. The lowest BCUT2D eigenvalue weighted by Crippen LogP contribution is -2.41.